The van der Waals surface area contributed by atoms with E-state index < -0.39 is 17.8 Å². The summed E-state index contributed by atoms with van der Waals surface area (Å²) in [5.74, 6) is 1.92. The minimum Gasteiger partial charge on any atom is -0.487 e. The summed E-state index contributed by atoms with van der Waals surface area (Å²) >= 11 is 0. The molecule has 0 amide bonds. The molecule has 3 aromatic rings. The van der Waals surface area contributed by atoms with Gasteiger partial charge in [-0.15, -0.1) is 0 Å². The van der Waals surface area contributed by atoms with E-state index in [0.717, 1.165) is 12.1 Å². The number of nitrogens with one attached hydrogen (secondary N) is 1. The third kappa shape index (κ3) is 6.08. The van der Waals surface area contributed by atoms with Crippen molar-refractivity contribution in [2.24, 2.45) is 0 Å². The lowest BCUT2D eigenvalue weighted by Crippen LogP contribution is -2.28. The third-order valence-corrected chi connectivity index (χ3v) is 5.62. The Morgan fingerprint density at radius 2 is 1.94 bits per heavy atom. The zero-order chi connectivity index (χ0) is 25.9. The maximum absolute atomic E-state index is 13.3. The number of halogens is 3. The number of fused-ring (bicyclic) bond motifs is 2. The van der Waals surface area contributed by atoms with Crippen molar-refractivity contribution in [3.8, 4) is 11.5 Å². The molecule has 1 aliphatic rings. The van der Waals surface area contributed by atoms with Gasteiger partial charge in [0.1, 0.15) is 24.4 Å². The van der Waals surface area contributed by atoms with E-state index in [4.69, 9.17) is 24.7 Å². The Hall–Kier alpha value is -3.31. The minimum absolute atomic E-state index is 0.0303. The van der Waals surface area contributed by atoms with Crippen LogP contribution in [0.5, 0.6) is 11.5 Å². The highest BCUT2D eigenvalue weighted by Crippen LogP contribution is 2.37. The highest BCUT2D eigenvalue weighted by Gasteiger charge is 2.31. The lowest BCUT2D eigenvalue weighted by Gasteiger charge is -2.21. The number of aromatic nitrogens is 2. The Kier molecular flexibility index (Phi) is 7.70. The van der Waals surface area contributed by atoms with E-state index in [-0.39, 0.29) is 11.8 Å². The Morgan fingerprint density at radius 3 is 2.69 bits per heavy atom. The number of nitrogens with two attached hydrogens (primary N) is 1. The van der Waals surface area contributed by atoms with Crippen molar-refractivity contribution in [3.63, 3.8) is 0 Å². The molecule has 3 N–H and O–H groups in total. The van der Waals surface area contributed by atoms with Gasteiger partial charge in [-0.1, -0.05) is 0 Å². The maximum atomic E-state index is 13.3. The number of hydrogen-bond acceptors (Lipinski definition) is 8. The number of ether oxygens (including phenoxy) is 4. The molecule has 8 nitrogen and oxygen atoms in total. The van der Waals surface area contributed by atoms with Crippen LogP contribution in [0, 0.1) is 6.92 Å². The smallest absolute Gasteiger partial charge is 0.416 e. The molecule has 0 fully saturated rings. The van der Waals surface area contributed by atoms with Crippen LogP contribution in [0.3, 0.4) is 0 Å². The summed E-state index contributed by atoms with van der Waals surface area (Å²) in [5, 5.41) is 3.85. The van der Waals surface area contributed by atoms with Crippen molar-refractivity contribution < 1.29 is 32.1 Å². The van der Waals surface area contributed by atoms with Gasteiger partial charge < -0.3 is 30.0 Å². The Labute approximate surface area is 206 Å². The molecular weight excluding hydrogens is 477 g/mol. The number of rotatable bonds is 6. The second kappa shape index (κ2) is 10.8. The predicted octanol–water partition coefficient (Wildman–Crippen LogP) is 4.91. The molecular formula is C25H29F3N4O4. The predicted molar refractivity (Wildman–Crippen MR) is 129 cm³/mol. The topological polar surface area (TPSA) is 101 Å². The van der Waals surface area contributed by atoms with Crippen LogP contribution in [0.4, 0.5) is 24.7 Å². The van der Waals surface area contributed by atoms with Gasteiger partial charge in [0.25, 0.3) is 0 Å². The van der Waals surface area contributed by atoms with Gasteiger partial charge in [0.05, 0.1) is 36.9 Å². The van der Waals surface area contributed by atoms with E-state index in [1.165, 1.54) is 6.07 Å². The van der Waals surface area contributed by atoms with Crippen LogP contribution >= 0.6 is 0 Å². The van der Waals surface area contributed by atoms with Crippen LogP contribution in [0.1, 0.15) is 36.8 Å². The molecule has 0 saturated heterocycles. The monoisotopic (exact) mass is 506 g/mol. The summed E-state index contributed by atoms with van der Waals surface area (Å²) in [7, 11) is 0. The van der Waals surface area contributed by atoms with E-state index in [2.05, 4.69) is 15.3 Å². The molecule has 1 aromatic heterocycles. The third-order valence-electron chi connectivity index (χ3n) is 5.62. The molecule has 11 heteroatoms. The van der Waals surface area contributed by atoms with Crippen molar-refractivity contribution in [1.29, 1.82) is 0 Å². The standard InChI is InChI=1S/C25H29F3N4O4/c1-4-33-12-19-13-34-5-6-35-22-11-21-20(10-23(22)36-19)24(32-15(3)31-21)30-14(2)16-7-17(25(26,27)28)9-18(29)8-16/h7-11,14,19H,4-6,12-13,29H2,1-3H3,(H,30,31,32)/t14?,19-/m1/s1. The average Bonchev–Trinajstić information content (AvgIpc) is 2.90. The fourth-order valence-corrected chi connectivity index (χ4v) is 3.92. The van der Waals surface area contributed by atoms with Gasteiger partial charge in [-0.25, -0.2) is 9.97 Å². The normalized spacial score (nSPS) is 17.2. The van der Waals surface area contributed by atoms with Gasteiger partial charge >= 0.3 is 6.18 Å². The summed E-state index contributed by atoms with van der Waals surface area (Å²) in [6.07, 6.45) is -4.85. The number of aryl methyl sites for hydroxylation is 1. The summed E-state index contributed by atoms with van der Waals surface area (Å²) in [6, 6.07) is 6.51. The molecule has 2 atom stereocenters. The zero-order valence-electron chi connectivity index (χ0n) is 20.3. The van der Waals surface area contributed by atoms with Crippen molar-refractivity contribution in [2.75, 3.05) is 44.1 Å². The van der Waals surface area contributed by atoms with Crippen LogP contribution in [0.25, 0.3) is 10.9 Å². The van der Waals surface area contributed by atoms with E-state index in [1.807, 2.05) is 6.92 Å². The Morgan fingerprint density at radius 1 is 1.14 bits per heavy atom. The first-order valence-electron chi connectivity index (χ1n) is 11.7. The largest absolute Gasteiger partial charge is 0.487 e. The molecule has 1 aliphatic heterocycles. The van der Waals surface area contributed by atoms with E-state index in [0.29, 0.717) is 72.6 Å². The van der Waals surface area contributed by atoms with Gasteiger partial charge in [-0.05, 0) is 50.6 Å². The van der Waals surface area contributed by atoms with Crippen molar-refractivity contribution in [3.05, 3.63) is 47.3 Å². The van der Waals surface area contributed by atoms with Crippen LogP contribution in [-0.4, -0.2) is 49.1 Å². The SMILES string of the molecule is CCOC[C@@H]1COCCOc2cc3nc(C)nc(NC(C)c4cc(N)cc(C(F)(F)F)c4)c3cc2O1. The van der Waals surface area contributed by atoms with Gasteiger partial charge in [0.15, 0.2) is 11.5 Å². The molecule has 4 rings (SSSR count). The fraction of sp³-hybridized carbons (Fsp3) is 0.440. The molecule has 2 heterocycles. The summed E-state index contributed by atoms with van der Waals surface area (Å²) in [6.45, 7) is 7.34. The molecule has 0 saturated carbocycles. The molecule has 36 heavy (non-hydrogen) atoms. The Bertz CT molecular complexity index is 1220. The maximum Gasteiger partial charge on any atom is 0.416 e. The molecule has 0 bridgehead atoms. The lowest BCUT2D eigenvalue weighted by molar-refractivity contribution is -0.137. The fourth-order valence-electron chi connectivity index (χ4n) is 3.92. The highest BCUT2D eigenvalue weighted by atomic mass is 19.4. The van der Waals surface area contributed by atoms with Crippen LogP contribution in [-0.2, 0) is 15.7 Å². The summed E-state index contributed by atoms with van der Waals surface area (Å²) in [5.41, 5.74) is 5.97. The number of anilines is 2. The van der Waals surface area contributed by atoms with Gasteiger partial charge in [0.2, 0.25) is 0 Å². The first-order chi connectivity index (χ1) is 17.1. The number of alkyl halides is 3. The van der Waals surface area contributed by atoms with Crippen molar-refractivity contribution in [2.45, 2.75) is 39.1 Å². The minimum atomic E-state index is -4.50. The van der Waals surface area contributed by atoms with E-state index >= 15 is 0 Å². The van der Waals surface area contributed by atoms with Crippen LogP contribution < -0.4 is 20.5 Å². The van der Waals surface area contributed by atoms with E-state index in [9.17, 15) is 13.2 Å². The van der Waals surface area contributed by atoms with Gasteiger partial charge in [-0.2, -0.15) is 13.2 Å². The Balaban J connectivity index is 1.71. The second-order valence-electron chi connectivity index (χ2n) is 8.51. The average molecular weight is 507 g/mol. The van der Waals surface area contributed by atoms with Crippen LogP contribution in [0.15, 0.2) is 30.3 Å². The number of nitrogen functional groups attached to an aromatic ring is 1. The van der Waals surface area contributed by atoms with Crippen molar-refractivity contribution >= 4 is 22.4 Å². The number of benzene rings is 2. The zero-order valence-corrected chi connectivity index (χ0v) is 20.3. The molecule has 0 radical (unpaired) electrons. The quantitative estimate of drug-likeness (QED) is 0.455. The summed E-state index contributed by atoms with van der Waals surface area (Å²) in [4.78, 5) is 9.04. The second-order valence-corrected chi connectivity index (χ2v) is 8.51. The molecule has 194 valence electrons. The first-order valence-corrected chi connectivity index (χ1v) is 11.7. The lowest BCUT2D eigenvalue weighted by atomic mass is 10.0. The number of hydrogen-bond donors (Lipinski definition) is 2. The number of nitrogens with zero attached hydrogens (tertiary/aromatic N) is 2. The van der Waals surface area contributed by atoms with Gasteiger partial charge in [0, 0.05) is 23.7 Å². The van der Waals surface area contributed by atoms with Crippen molar-refractivity contribution in [1.82, 2.24) is 9.97 Å². The first kappa shape index (κ1) is 25.8. The van der Waals surface area contributed by atoms with Gasteiger partial charge in [-0.3, -0.25) is 0 Å². The molecule has 0 spiro atoms. The highest BCUT2D eigenvalue weighted by molar-refractivity contribution is 5.92. The summed E-state index contributed by atoms with van der Waals surface area (Å²) < 4.78 is 63.1. The van der Waals surface area contributed by atoms with E-state index in [1.54, 1.807) is 26.0 Å². The van der Waals surface area contributed by atoms with Crippen LogP contribution in [0.2, 0.25) is 0 Å². The molecule has 0 aliphatic carbocycles. The molecule has 1 unspecified atom stereocenters. The molecule has 2 aromatic carbocycles.